The maximum Gasteiger partial charge on any atom is 0.339 e. The number of ether oxygens (including phenoxy) is 1. The van der Waals surface area contributed by atoms with E-state index in [0.29, 0.717) is 17.0 Å². The molecule has 3 rings (SSSR count). The summed E-state index contributed by atoms with van der Waals surface area (Å²) >= 11 is 0. The summed E-state index contributed by atoms with van der Waals surface area (Å²) in [6.07, 6.45) is 1.94. The minimum absolute atomic E-state index is 0.207. The van der Waals surface area contributed by atoms with Gasteiger partial charge in [-0.2, -0.15) is 0 Å². The van der Waals surface area contributed by atoms with Crippen molar-refractivity contribution >= 4 is 17.3 Å². The zero-order valence-electron chi connectivity index (χ0n) is 13.5. The quantitative estimate of drug-likeness (QED) is 0.490. The molecule has 1 aromatic heterocycles. The van der Waals surface area contributed by atoms with Gasteiger partial charge in [-0.25, -0.2) is 9.18 Å². The van der Waals surface area contributed by atoms with Crippen molar-refractivity contribution in [3.8, 4) is 0 Å². The Kier molecular flexibility index (Phi) is 4.60. The van der Waals surface area contributed by atoms with Crippen molar-refractivity contribution in [2.24, 2.45) is 0 Å². The molecular weight excluding hydrogens is 329 g/mol. The summed E-state index contributed by atoms with van der Waals surface area (Å²) in [7, 11) is 1.32. The van der Waals surface area contributed by atoms with Gasteiger partial charge in [0.15, 0.2) is 0 Å². The Labute approximate surface area is 143 Å². The molecule has 1 heterocycles. The first-order valence-electron chi connectivity index (χ1n) is 7.75. The lowest BCUT2D eigenvalue weighted by atomic mass is 10.1. The van der Waals surface area contributed by atoms with Gasteiger partial charge < -0.3 is 10.1 Å². The molecule has 0 radical (unpaired) electrons. The van der Waals surface area contributed by atoms with Crippen molar-refractivity contribution in [3.63, 3.8) is 0 Å². The molecule has 130 valence electrons. The number of esters is 1. The summed E-state index contributed by atoms with van der Waals surface area (Å²) in [5, 5.41) is 13.9. The number of hydrogen-bond acceptors (Lipinski definition) is 6. The summed E-state index contributed by atoms with van der Waals surface area (Å²) in [4.78, 5) is 26.7. The summed E-state index contributed by atoms with van der Waals surface area (Å²) in [5.41, 5.74) is 1.64. The summed E-state index contributed by atoms with van der Waals surface area (Å²) < 4.78 is 18.0. The molecule has 1 aliphatic rings. The molecule has 0 aliphatic heterocycles. The Hall–Kier alpha value is -3.03. The van der Waals surface area contributed by atoms with Crippen LogP contribution in [0.15, 0.2) is 30.3 Å². The van der Waals surface area contributed by atoms with E-state index >= 15 is 0 Å². The normalized spacial score (nSPS) is 13.4. The molecular formula is C17H16FN3O4. The molecule has 25 heavy (non-hydrogen) atoms. The van der Waals surface area contributed by atoms with Crippen LogP contribution in [0.3, 0.4) is 0 Å². The minimum atomic E-state index is -0.672. The lowest BCUT2D eigenvalue weighted by molar-refractivity contribution is -0.384. The monoisotopic (exact) mass is 345 g/mol. The van der Waals surface area contributed by atoms with Crippen molar-refractivity contribution in [1.29, 1.82) is 0 Å². The summed E-state index contributed by atoms with van der Waals surface area (Å²) in [6, 6.07) is 6.66. The number of nitrogens with zero attached hydrogens (tertiary/aromatic N) is 2. The van der Waals surface area contributed by atoms with Crippen LogP contribution >= 0.6 is 0 Å². The van der Waals surface area contributed by atoms with Gasteiger partial charge in [-0.1, -0.05) is 0 Å². The maximum atomic E-state index is 13.2. The van der Waals surface area contributed by atoms with E-state index in [0.717, 1.165) is 25.0 Å². The molecule has 0 spiro atoms. The van der Waals surface area contributed by atoms with E-state index in [1.165, 1.54) is 13.2 Å². The molecule has 8 heteroatoms. The van der Waals surface area contributed by atoms with Crippen LogP contribution in [0.1, 0.15) is 40.5 Å². The standard InChI is InChI=1S/C17H16FN3O4/c1-25-17(22)13-6-5-12(20-16(13)10-2-3-10)9-19-14-7-4-11(18)8-15(14)21(23)24/h4-8,10,19H,2-3,9H2,1H3. The first-order valence-corrected chi connectivity index (χ1v) is 7.75. The van der Waals surface area contributed by atoms with E-state index < -0.39 is 16.7 Å². The minimum Gasteiger partial charge on any atom is -0.465 e. The van der Waals surface area contributed by atoms with E-state index in [2.05, 4.69) is 10.3 Å². The van der Waals surface area contributed by atoms with Gasteiger partial charge in [0.05, 0.1) is 41.6 Å². The Bertz CT molecular complexity index is 837. The van der Waals surface area contributed by atoms with Gasteiger partial charge in [-0.15, -0.1) is 0 Å². The van der Waals surface area contributed by atoms with Crippen LogP contribution in [0.4, 0.5) is 15.8 Å². The Morgan fingerprint density at radius 1 is 1.40 bits per heavy atom. The van der Waals surface area contributed by atoms with Crippen molar-refractivity contribution < 1.29 is 18.8 Å². The average Bonchev–Trinajstić information content (AvgIpc) is 3.44. The molecule has 0 saturated heterocycles. The third kappa shape index (κ3) is 3.73. The predicted molar refractivity (Wildman–Crippen MR) is 87.9 cm³/mol. The van der Waals surface area contributed by atoms with Crippen molar-refractivity contribution in [3.05, 3.63) is 63.2 Å². The van der Waals surface area contributed by atoms with E-state index in [-0.39, 0.29) is 23.8 Å². The molecule has 1 aliphatic carbocycles. The number of aromatic nitrogens is 1. The zero-order valence-corrected chi connectivity index (χ0v) is 13.5. The second kappa shape index (κ2) is 6.84. The number of pyridine rings is 1. The molecule has 1 saturated carbocycles. The predicted octanol–water partition coefficient (Wildman–Crippen LogP) is 3.41. The van der Waals surface area contributed by atoms with E-state index in [9.17, 15) is 19.3 Å². The number of halogens is 1. The molecule has 0 unspecified atom stereocenters. The Morgan fingerprint density at radius 3 is 2.80 bits per heavy atom. The molecule has 0 bridgehead atoms. The highest BCUT2D eigenvalue weighted by Crippen LogP contribution is 2.40. The number of benzene rings is 1. The number of methoxy groups -OCH3 is 1. The van der Waals surface area contributed by atoms with Crippen LogP contribution in [-0.2, 0) is 11.3 Å². The maximum absolute atomic E-state index is 13.2. The topological polar surface area (TPSA) is 94.4 Å². The van der Waals surface area contributed by atoms with Crippen LogP contribution in [0.2, 0.25) is 0 Å². The van der Waals surface area contributed by atoms with Crippen molar-refractivity contribution in [1.82, 2.24) is 4.98 Å². The molecule has 0 atom stereocenters. The number of nitro groups is 1. The summed E-state index contributed by atoms with van der Waals surface area (Å²) in [5.74, 6) is -0.855. The van der Waals surface area contributed by atoms with Crippen LogP contribution in [0, 0.1) is 15.9 Å². The lowest BCUT2D eigenvalue weighted by Crippen LogP contribution is -2.10. The Morgan fingerprint density at radius 2 is 2.16 bits per heavy atom. The molecule has 1 fully saturated rings. The zero-order chi connectivity index (χ0) is 18.0. The molecule has 1 aromatic carbocycles. The van der Waals surface area contributed by atoms with Gasteiger partial charge in [-0.3, -0.25) is 15.1 Å². The van der Waals surface area contributed by atoms with Gasteiger partial charge in [0.25, 0.3) is 5.69 Å². The number of rotatable bonds is 6. The number of carbonyl (C=O) groups excluding carboxylic acids is 1. The first kappa shape index (κ1) is 16.8. The Balaban J connectivity index is 1.81. The second-order valence-electron chi connectivity index (χ2n) is 5.77. The first-order chi connectivity index (χ1) is 12.0. The van der Waals surface area contributed by atoms with Crippen LogP contribution in [0.25, 0.3) is 0 Å². The molecule has 0 amide bonds. The number of nitrogens with one attached hydrogen (secondary N) is 1. The number of nitro benzene ring substituents is 1. The highest BCUT2D eigenvalue weighted by atomic mass is 19.1. The summed E-state index contributed by atoms with van der Waals surface area (Å²) in [6.45, 7) is 0.216. The number of hydrogen-bond donors (Lipinski definition) is 1. The highest BCUT2D eigenvalue weighted by molar-refractivity contribution is 5.90. The SMILES string of the molecule is COC(=O)c1ccc(CNc2ccc(F)cc2[N+](=O)[O-])nc1C1CC1. The van der Waals surface area contributed by atoms with Crippen LogP contribution in [0.5, 0.6) is 0 Å². The molecule has 1 N–H and O–H groups in total. The third-order valence-electron chi connectivity index (χ3n) is 3.97. The van der Waals surface area contributed by atoms with Gasteiger partial charge in [-0.05, 0) is 37.1 Å². The van der Waals surface area contributed by atoms with E-state index in [1.54, 1.807) is 12.1 Å². The van der Waals surface area contributed by atoms with Gasteiger partial charge >= 0.3 is 5.97 Å². The second-order valence-corrected chi connectivity index (χ2v) is 5.77. The fourth-order valence-corrected chi connectivity index (χ4v) is 2.56. The number of anilines is 1. The fourth-order valence-electron chi connectivity index (χ4n) is 2.56. The number of carbonyl (C=O) groups is 1. The van der Waals surface area contributed by atoms with Crippen LogP contribution < -0.4 is 5.32 Å². The third-order valence-corrected chi connectivity index (χ3v) is 3.97. The largest absolute Gasteiger partial charge is 0.465 e. The van der Waals surface area contributed by atoms with E-state index in [4.69, 9.17) is 4.74 Å². The van der Waals surface area contributed by atoms with Gasteiger partial charge in [0.2, 0.25) is 0 Å². The molecule has 7 nitrogen and oxygen atoms in total. The van der Waals surface area contributed by atoms with Crippen molar-refractivity contribution in [2.75, 3.05) is 12.4 Å². The van der Waals surface area contributed by atoms with Gasteiger partial charge in [0, 0.05) is 5.92 Å². The van der Waals surface area contributed by atoms with Gasteiger partial charge in [0.1, 0.15) is 11.5 Å². The average molecular weight is 345 g/mol. The lowest BCUT2D eigenvalue weighted by Gasteiger charge is -2.10. The molecule has 2 aromatic rings. The smallest absolute Gasteiger partial charge is 0.339 e. The van der Waals surface area contributed by atoms with Crippen LogP contribution in [-0.4, -0.2) is 23.0 Å². The van der Waals surface area contributed by atoms with Crippen molar-refractivity contribution in [2.45, 2.75) is 25.3 Å². The highest BCUT2D eigenvalue weighted by Gasteiger charge is 2.30. The van der Waals surface area contributed by atoms with E-state index in [1.807, 2.05) is 0 Å². The fraction of sp³-hybridized carbons (Fsp3) is 0.294.